The predicted octanol–water partition coefficient (Wildman–Crippen LogP) is -7.59. The summed E-state index contributed by atoms with van der Waals surface area (Å²) in [6.07, 6.45) is 7.66. The first-order chi connectivity index (χ1) is 15.3. The summed E-state index contributed by atoms with van der Waals surface area (Å²) in [6.45, 7) is 5.05. The predicted molar refractivity (Wildman–Crippen MR) is 151 cm³/mol. The van der Waals surface area contributed by atoms with Crippen LogP contribution in [-0.4, -0.2) is 129 Å². The van der Waals surface area contributed by atoms with Gasteiger partial charge in [0.2, 0.25) is 0 Å². The maximum absolute atomic E-state index is 2.39. The Bertz CT molecular complexity index is 606. The van der Waals surface area contributed by atoms with Gasteiger partial charge in [-0.25, -0.2) is 0 Å². The van der Waals surface area contributed by atoms with E-state index in [0.717, 1.165) is 29.8 Å². The molecule has 0 atom stereocenters. The smallest absolute Gasteiger partial charge is 0.0863 e. The van der Waals surface area contributed by atoms with E-state index in [1.807, 2.05) is 0 Å². The van der Waals surface area contributed by atoms with E-state index in [1.165, 1.54) is 75.8 Å². The molecule has 0 bridgehead atoms. The maximum atomic E-state index is 2.39. The molecule has 1 rings (SSSR count). The van der Waals surface area contributed by atoms with Crippen LogP contribution in [0.15, 0.2) is 24.3 Å². The van der Waals surface area contributed by atoms with Gasteiger partial charge in [0.15, 0.2) is 0 Å². The van der Waals surface area contributed by atoms with Gasteiger partial charge in [-0.1, -0.05) is 24.3 Å². The summed E-state index contributed by atoms with van der Waals surface area (Å²) in [5.74, 6) is 1.57. The minimum atomic E-state index is 0. The van der Waals surface area contributed by atoms with Gasteiger partial charge in [0.25, 0.3) is 0 Å². The third-order valence-electron chi connectivity index (χ3n) is 6.40. The molecule has 0 amide bonds. The summed E-state index contributed by atoms with van der Waals surface area (Å²) >= 11 is 0. The number of rotatable bonds is 16. The molecule has 8 heteroatoms. The van der Waals surface area contributed by atoms with Gasteiger partial charge in [0.1, 0.15) is 0 Å². The van der Waals surface area contributed by atoms with Gasteiger partial charge in [-0.3, -0.25) is 0 Å². The summed E-state index contributed by atoms with van der Waals surface area (Å²) in [4.78, 5) is 0. The van der Waals surface area contributed by atoms with E-state index in [4.69, 9.17) is 0 Å². The van der Waals surface area contributed by atoms with E-state index in [1.54, 1.807) is 0 Å². The van der Waals surface area contributed by atoms with Crippen molar-refractivity contribution in [2.24, 2.45) is 11.8 Å². The highest BCUT2D eigenvalue weighted by molar-refractivity contribution is 5.22. The molecule has 0 radical (unpaired) electrons. The van der Waals surface area contributed by atoms with Crippen molar-refractivity contribution in [3.63, 3.8) is 0 Å². The standard InChI is InChI=1S/C30H62N4.4HI/c1-31(2,3)23-29(24-32(4,5)6)17-13-15-27-19-21-28(22-20-27)16-14-18-30(25-33(7,8)9)26-34(10,11)12;;;;/h19-22,29-30H,13-18,23-26H2,1-12H3;4*1H/q+4;;;;/p-4. The van der Waals surface area contributed by atoms with Crippen molar-refractivity contribution >= 4 is 0 Å². The van der Waals surface area contributed by atoms with Crippen molar-refractivity contribution in [3.05, 3.63) is 35.4 Å². The van der Waals surface area contributed by atoms with Crippen molar-refractivity contribution in [2.75, 3.05) is 111 Å². The molecule has 0 aliphatic heterocycles. The second kappa shape index (κ2) is 20.8. The van der Waals surface area contributed by atoms with Gasteiger partial charge in [0.05, 0.1) is 123 Å². The second-order valence-electron chi connectivity index (χ2n) is 15.2. The normalized spacial score (nSPS) is 12.4. The molecule has 1 aromatic rings. The molecule has 0 aromatic heterocycles. The van der Waals surface area contributed by atoms with Gasteiger partial charge >= 0.3 is 0 Å². The van der Waals surface area contributed by atoms with E-state index in [-0.39, 0.29) is 95.9 Å². The van der Waals surface area contributed by atoms with Crippen molar-refractivity contribution in [3.8, 4) is 0 Å². The molecule has 1 aromatic carbocycles. The highest BCUT2D eigenvalue weighted by Gasteiger charge is 2.25. The number of nitrogens with zero attached hydrogens (tertiary/aromatic N) is 4. The van der Waals surface area contributed by atoms with Gasteiger partial charge < -0.3 is 114 Å². The van der Waals surface area contributed by atoms with Crippen LogP contribution in [0.4, 0.5) is 0 Å². The molecule has 0 N–H and O–H groups in total. The first-order valence-electron chi connectivity index (χ1n) is 13.6. The zero-order valence-electron chi connectivity index (χ0n) is 26.8. The lowest BCUT2D eigenvalue weighted by Gasteiger charge is -2.34. The zero-order chi connectivity index (χ0) is 26.2. The molecule has 4 nitrogen and oxygen atoms in total. The minimum absolute atomic E-state index is 0. The largest absolute Gasteiger partial charge is 1.00 e. The molecule has 0 saturated carbocycles. The van der Waals surface area contributed by atoms with Crippen LogP contribution in [0.25, 0.3) is 0 Å². The van der Waals surface area contributed by atoms with Crippen molar-refractivity contribution in [1.29, 1.82) is 0 Å². The van der Waals surface area contributed by atoms with Crippen LogP contribution >= 0.6 is 0 Å². The minimum Gasteiger partial charge on any atom is -1.00 e. The van der Waals surface area contributed by atoms with Crippen LogP contribution in [-0.2, 0) is 12.8 Å². The van der Waals surface area contributed by atoms with E-state index < -0.39 is 0 Å². The third kappa shape index (κ3) is 26.9. The van der Waals surface area contributed by atoms with Gasteiger partial charge in [0, 0.05) is 0 Å². The molecular formula is C30H62I4N4. The molecule has 0 aliphatic rings. The highest BCUT2D eigenvalue weighted by atomic mass is 127. The van der Waals surface area contributed by atoms with Crippen LogP contribution in [0.2, 0.25) is 0 Å². The number of hydrogen-bond acceptors (Lipinski definition) is 0. The second-order valence-corrected chi connectivity index (χ2v) is 15.2. The number of benzene rings is 1. The summed E-state index contributed by atoms with van der Waals surface area (Å²) in [6, 6.07) is 9.55. The van der Waals surface area contributed by atoms with Crippen LogP contribution < -0.4 is 95.9 Å². The van der Waals surface area contributed by atoms with Gasteiger partial charge in [-0.05, 0) is 49.7 Å². The van der Waals surface area contributed by atoms with Crippen molar-refractivity contribution < 1.29 is 114 Å². The number of aryl methyl sites for hydroxylation is 2. The van der Waals surface area contributed by atoms with E-state index in [9.17, 15) is 0 Å². The summed E-state index contributed by atoms with van der Waals surface area (Å²) < 4.78 is 4.24. The van der Waals surface area contributed by atoms with E-state index in [0.29, 0.717) is 0 Å². The molecule has 0 spiro atoms. The van der Waals surface area contributed by atoms with Crippen LogP contribution in [0.1, 0.15) is 36.8 Å². The molecule has 0 unspecified atom stereocenters. The van der Waals surface area contributed by atoms with Crippen LogP contribution in [0.5, 0.6) is 0 Å². The number of hydrogen-bond donors (Lipinski definition) is 0. The lowest BCUT2D eigenvalue weighted by atomic mass is 9.95. The Balaban J connectivity index is -0.00000144. The Morgan fingerprint density at radius 2 is 0.632 bits per heavy atom. The van der Waals surface area contributed by atoms with Crippen molar-refractivity contribution in [1.82, 2.24) is 0 Å². The zero-order valence-corrected chi connectivity index (χ0v) is 35.5. The third-order valence-corrected chi connectivity index (χ3v) is 6.40. The summed E-state index contributed by atoms with van der Waals surface area (Å²) in [7, 11) is 27.9. The van der Waals surface area contributed by atoms with Crippen molar-refractivity contribution in [2.45, 2.75) is 38.5 Å². The Kier molecular flexibility index (Phi) is 25.7. The summed E-state index contributed by atoms with van der Waals surface area (Å²) in [5, 5.41) is 0. The first kappa shape index (κ1) is 46.9. The van der Waals surface area contributed by atoms with E-state index >= 15 is 0 Å². The highest BCUT2D eigenvalue weighted by Crippen LogP contribution is 2.19. The fourth-order valence-corrected chi connectivity index (χ4v) is 5.64. The maximum Gasteiger partial charge on any atom is 0.0863 e. The molecule has 0 heterocycles. The lowest BCUT2D eigenvalue weighted by Crippen LogP contribution is -3.00. The fourth-order valence-electron chi connectivity index (χ4n) is 5.64. The molecule has 38 heavy (non-hydrogen) atoms. The fraction of sp³-hybridized carbons (Fsp3) is 0.800. The van der Waals surface area contributed by atoms with Gasteiger partial charge in [-0.2, -0.15) is 0 Å². The van der Waals surface area contributed by atoms with Crippen LogP contribution in [0, 0.1) is 11.8 Å². The van der Waals surface area contributed by atoms with Crippen LogP contribution in [0.3, 0.4) is 0 Å². The Morgan fingerprint density at radius 3 is 0.816 bits per heavy atom. The molecule has 0 fully saturated rings. The number of quaternary nitrogens is 4. The van der Waals surface area contributed by atoms with E-state index in [2.05, 4.69) is 109 Å². The van der Waals surface area contributed by atoms with Gasteiger partial charge in [-0.15, -0.1) is 0 Å². The molecule has 230 valence electrons. The Labute approximate surface area is 307 Å². The lowest BCUT2D eigenvalue weighted by molar-refractivity contribution is -0.896. The quantitative estimate of drug-likeness (QED) is 0.114. The topological polar surface area (TPSA) is 0 Å². The molecule has 0 saturated heterocycles. The number of halogens is 4. The average molecular weight is 986 g/mol. The Hall–Kier alpha value is 1.98. The molecular weight excluding hydrogens is 924 g/mol. The average Bonchev–Trinajstić information content (AvgIpc) is 2.57. The Morgan fingerprint density at radius 1 is 0.421 bits per heavy atom. The SMILES string of the molecule is C[N+](C)(C)CC(CCCc1ccc(CCCC(C[N+](C)(C)C)C[N+](C)(C)C)cc1)C[N+](C)(C)C.[I-].[I-].[I-].[I-]. The first-order valence-corrected chi connectivity index (χ1v) is 13.6. The monoisotopic (exact) mass is 986 g/mol. The summed E-state index contributed by atoms with van der Waals surface area (Å²) in [5.41, 5.74) is 3.01. The molecule has 0 aliphatic carbocycles.